The summed E-state index contributed by atoms with van der Waals surface area (Å²) in [4.78, 5) is 0. The summed E-state index contributed by atoms with van der Waals surface area (Å²) < 4.78 is 5.20. The number of hydrogen-bond donors (Lipinski definition) is 0. The molecular formula is C9H11NO. The third-order valence-corrected chi connectivity index (χ3v) is 1.47. The molecule has 0 unspecified atom stereocenters. The molecule has 2 nitrogen and oxygen atoms in total. The molecular weight excluding hydrogens is 138 g/mol. The van der Waals surface area contributed by atoms with E-state index in [-0.39, 0.29) is 5.41 Å². The Kier molecular flexibility index (Phi) is 1.74. The van der Waals surface area contributed by atoms with Gasteiger partial charge in [-0.1, -0.05) is 20.8 Å². The van der Waals surface area contributed by atoms with Crippen LogP contribution >= 0.6 is 0 Å². The second-order valence-corrected chi connectivity index (χ2v) is 3.56. The average molecular weight is 149 g/mol. The highest BCUT2D eigenvalue weighted by atomic mass is 16.3. The molecule has 1 aromatic heterocycles. The van der Waals surface area contributed by atoms with Gasteiger partial charge < -0.3 is 4.42 Å². The highest BCUT2D eigenvalue weighted by Gasteiger charge is 2.17. The van der Waals surface area contributed by atoms with Gasteiger partial charge in [0.25, 0.3) is 0 Å². The van der Waals surface area contributed by atoms with Crippen LogP contribution in [0.15, 0.2) is 16.7 Å². The van der Waals surface area contributed by atoms with Crippen LogP contribution in [0, 0.1) is 11.3 Å². The molecule has 11 heavy (non-hydrogen) atoms. The first-order chi connectivity index (χ1) is 5.04. The predicted molar refractivity (Wildman–Crippen MR) is 42.1 cm³/mol. The van der Waals surface area contributed by atoms with Crippen molar-refractivity contribution >= 4 is 0 Å². The van der Waals surface area contributed by atoms with Gasteiger partial charge in [0.15, 0.2) is 0 Å². The van der Waals surface area contributed by atoms with E-state index in [0.717, 1.165) is 5.76 Å². The fraction of sp³-hybridized carbons (Fsp3) is 0.444. The topological polar surface area (TPSA) is 36.9 Å². The van der Waals surface area contributed by atoms with Gasteiger partial charge in [-0.25, -0.2) is 0 Å². The zero-order valence-corrected chi connectivity index (χ0v) is 7.01. The molecule has 0 aliphatic heterocycles. The zero-order valence-electron chi connectivity index (χ0n) is 7.01. The Bertz CT molecular complexity index is 285. The molecule has 0 spiro atoms. The fourth-order valence-electron chi connectivity index (χ4n) is 0.788. The molecule has 0 fully saturated rings. The number of nitrogens with zero attached hydrogens (tertiary/aromatic N) is 1. The molecule has 0 radical (unpaired) electrons. The third-order valence-electron chi connectivity index (χ3n) is 1.47. The minimum atomic E-state index is -0.00486. The Morgan fingerprint density at radius 1 is 1.45 bits per heavy atom. The Balaban J connectivity index is 3.01. The average Bonchev–Trinajstić information content (AvgIpc) is 2.32. The summed E-state index contributed by atoms with van der Waals surface area (Å²) in [6.45, 7) is 6.15. The highest BCUT2D eigenvalue weighted by Crippen LogP contribution is 2.23. The quantitative estimate of drug-likeness (QED) is 0.568. The van der Waals surface area contributed by atoms with Crippen molar-refractivity contribution in [1.82, 2.24) is 0 Å². The smallest absolute Gasteiger partial charge is 0.110 e. The Hall–Kier alpha value is -1.23. The summed E-state index contributed by atoms with van der Waals surface area (Å²) in [6, 6.07) is 3.80. The van der Waals surface area contributed by atoms with Crippen LogP contribution in [0.1, 0.15) is 32.1 Å². The Morgan fingerprint density at radius 2 is 2.09 bits per heavy atom. The molecule has 58 valence electrons. The van der Waals surface area contributed by atoms with Crippen molar-refractivity contribution in [2.75, 3.05) is 0 Å². The Labute approximate surface area is 66.4 Å². The van der Waals surface area contributed by atoms with Crippen LogP contribution in [0.5, 0.6) is 0 Å². The molecule has 0 saturated carbocycles. The molecule has 1 rings (SSSR count). The second-order valence-electron chi connectivity index (χ2n) is 3.56. The van der Waals surface area contributed by atoms with E-state index in [1.54, 1.807) is 6.07 Å². The largest absolute Gasteiger partial charge is 0.467 e. The van der Waals surface area contributed by atoms with E-state index in [1.165, 1.54) is 6.26 Å². The molecule has 1 aromatic rings. The first-order valence-electron chi connectivity index (χ1n) is 3.53. The van der Waals surface area contributed by atoms with E-state index in [1.807, 2.05) is 26.8 Å². The number of nitriles is 1. The van der Waals surface area contributed by atoms with Crippen LogP contribution in [-0.4, -0.2) is 0 Å². The van der Waals surface area contributed by atoms with Crippen LogP contribution in [0.2, 0.25) is 0 Å². The van der Waals surface area contributed by atoms with Crippen molar-refractivity contribution in [2.45, 2.75) is 26.2 Å². The standard InChI is InChI=1S/C9H11NO/c1-9(2,3)8-4-7(5-10)6-11-8/h4,6H,1-3H3. The van der Waals surface area contributed by atoms with Gasteiger partial charge >= 0.3 is 0 Å². The molecule has 0 aliphatic carbocycles. The maximum absolute atomic E-state index is 8.51. The summed E-state index contributed by atoms with van der Waals surface area (Å²) in [5, 5.41) is 8.51. The maximum Gasteiger partial charge on any atom is 0.110 e. The maximum atomic E-state index is 8.51. The molecule has 2 heteroatoms. The number of rotatable bonds is 0. The zero-order chi connectivity index (χ0) is 8.48. The lowest BCUT2D eigenvalue weighted by molar-refractivity contribution is 0.409. The monoisotopic (exact) mass is 149 g/mol. The van der Waals surface area contributed by atoms with Crippen molar-refractivity contribution in [2.24, 2.45) is 0 Å². The van der Waals surface area contributed by atoms with E-state index < -0.39 is 0 Å². The molecule has 0 aliphatic rings. The van der Waals surface area contributed by atoms with Gasteiger partial charge in [0.05, 0.1) is 5.56 Å². The molecule has 0 bridgehead atoms. The van der Waals surface area contributed by atoms with Crippen LogP contribution in [0.3, 0.4) is 0 Å². The van der Waals surface area contributed by atoms with Crippen LogP contribution in [0.25, 0.3) is 0 Å². The van der Waals surface area contributed by atoms with Gasteiger partial charge in [-0.3, -0.25) is 0 Å². The molecule has 0 saturated heterocycles. The van der Waals surface area contributed by atoms with Crippen LogP contribution in [-0.2, 0) is 5.41 Å². The fourth-order valence-corrected chi connectivity index (χ4v) is 0.788. The summed E-state index contributed by atoms with van der Waals surface area (Å²) >= 11 is 0. The first kappa shape index (κ1) is 7.87. The number of furan rings is 1. The minimum Gasteiger partial charge on any atom is -0.467 e. The van der Waals surface area contributed by atoms with Crippen molar-refractivity contribution in [3.63, 3.8) is 0 Å². The van der Waals surface area contributed by atoms with E-state index in [9.17, 15) is 0 Å². The highest BCUT2D eigenvalue weighted by molar-refractivity contribution is 5.28. The summed E-state index contributed by atoms with van der Waals surface area (Å²) in [5.41, 5.74) is 0.588. The van der Waals surface area contributed by atoms with E-state index in [4.69, 9.17) is 9.68 Å². The summed E-state index contributed by atoms with van der Waals surface area (Å²) in [6.07, 6.45) is 1.49. The molecule has 0 atom stereocenters. The van der Waals surface area contributed by atoms with Crippen molar-refractivity contribution in [3.8, 4) is 6.07 Å². The normalized spacial score (nSPS) is 11.1. The Morgan fingerprint density at radius 3 is 2.36 bits per heavy atom. The van der Waals surface area contributed by atoms with Gasteiger partial charge in [0.2, 0.25) is 0 Å². The molecule has 0 amide bonds. The van der Waals surface area contributed by atoms with Gasteiger partial charge in [-0.2, -0.15) is 5.26 Å². The predicted octanol–water partition coefficient (Wildman–Crippen LogP) is 2.45. The van der Waals surface area contributed by atoms with Crippen LogP contribution < -0.4 is 0 Å². The third kappa shape index (κ3) is 1.62. The first-order valence-corrected chi connectivity index (χ1v) is 3.53. The van der Waals surface area contributed by atoms with E-state index in [0.29, 0.717) is 5.56 Å². The van der Waals surface area contributed by atoms with Crippen molar-refractivity contribution < 1.29 is 4.42 Å². The summed E-state index contributed by atoms with van der Waals surface area (Å²) in [7, 11) is 0. The van der Waals surface area contributed by atoms with Crippen molar-refractivity contribution in [1.29, 1.82) is 5.26 Å². The van der Waals surface area contributed by atoms with Gasteiger partial charge in [-0.05, 0) is 6.07 Å². The van der Waals surface area contributed by atoms with Crippen molar-refractivity contribution in [3.05, 3.63) is 23.7 Å². The lowest BCUT2D eigenvalue weighted by atomic mass is 9.93. The van der Waals surface area contributed by atoms with Crippen LogP contribution in [0.4, 0.5) is 0 Å². The van der Waals surface area contributed by atoms with Gasteiger partial charge in [-0.15, -0.1) is 0 Å². The molecule has 1 heterocycles. The summed E-state index contributed by atoms with van der Waals surface area (Å²) in [5.74, 6) is 0.856. The molecule has 0 N–H and O–H groups in total. The van der Waals surface area contributed by atoms with Gasteiger partial charge in [0.1, 0.15) is 18.1 Å². The van der Waals surface area contributed by atoms with Gasteiger partial charge in [0, 0.05) is 5.41 Å². The molecule has 0 aromatic carbocycles. The number of hydrogen-bond acceptors (Lipinski definition) is 2. The lowest BCUT2D eigenvalue weighted by Crippen LogP contribution is -2.08. The second kappa shape index (κ2) is 2.43. The minimum absolute atomic E-state index is 0.00486. The van der Waals surface area contributed by atoms with E-state index in [2.05, 4.69) is 0 Å². The lowest BCUT2D eigenvalue weighted by Gasteiger charge is -2.13. The SMILES string of the molecule is CC(C)(C)c1cc(C#N)co1. The van der Waals surface area contributed by atoms with E-state index >= 15 is 0 Å².